The number of imidazole rings is 1. The van der Waals surface area contributed by atoms with Gasteiger partial charge in [0.15, 0.2) is 5.16 Å². The standard InChI is InChI=1S/C13H13FN2O2S/c1-2-3-7-16-12-9(14)5-4-6-10(12)15-13(16)19-8-11(17)18/h2,4-6H,1,3,7-8H2,(H,17,18). The molecule has 0 aliphatic heterocycles. The first-order chi connectivity index (χ1) is 9.13. The number of benzene rings is 1. The van der Waals surface area contributed by atoms with E-state index in [0.29, 0.717) is 29.2 Å². The van der Waals surface area contributed by atoms with Crippen LogP contribution in [0.15, 0.2) is 36.0 Å². The van der Waals surface area contributed by atoms with E-state index < -0.39 is 5.97 Å². The monoisotopic (exact) mass is 280 g/mol. The number of aromatic nitrogens is 2. The van der Waals surface area contributed by atoms with E-state index in [0.717, 1.165) is 11.8 Å². The molecule has 0 saturated carbocycles. The highest BCUT2D eigenvalue weighted by molar-refractivity contribution is 7.99. The Morgan fingerprint density at radius 2 is 2.37 bits per heavy atom. The Kier molecular flexibility index (Phi) is 4.21. The zero-order valence-electron chi connectivity index (χ0n) is 10.2. The average Bonchev–Trinajstić information content (AvgIpc) is 2.73. The van der Waals surface area contributed by atoms with Crippen molar-refractivity contribution in [3.8, 4) is 0 Å². The molecular formula is C13H13FN2O2S. The minimum absolute atomic E-state index is 0.0982. The predicted molar refractivity (Wildman–Crippen MR) is 72.9 cm³/mol. The Balaban J connectivity index is 2.45. The van der Waals surface area contributed by atoms with Gasteiger partial charge in [-0.15, -0.1) is 6.58 Å². The van der Waals surface area contributed by atoms with Crippen LogP contribution in [-0.4, -0.2) is 26.4 Å². The molecule has 1 N–H and O–H groups in total. The lowest BCUT2D eigenvalue weighted by molar-refractivity contribution is -0.133. The first kappa shape index (κ1) is 13.6. The summed E-state index contributed by atoms with van der Waals surface area (Å²) in [5.74, 6) is -1.37. The molecule has 0 saturated heterocycles. The van der Waals surface area contributed by atoms with Crippen LogP contribution in [0.3, 0.4) is 0 Å². The molecule has 6 heteroatoms. The molecule has 0 spiro atoms. The highest BCUT2D eigenvalue weighted by atomic mass is 32.2. The third kappa shape index (κ3) is 2.96. The molecule has 0 amide bonds. The number of hydrogen-bond donors (Lipinski definition) is 1. The third-order valence-electron chi connectivity index (χ3n) is 2.56. The number of carboxylic acid groups (broad SMARTS) is 1. The minimum Gasteiger partial charge on any atom is -0.481 e. The summed E-state index contributed by atoms with van der Waals surface area (Å²) in [5.41, 5.74) is 0.953. The van der Waals surface area contributed by atoms with Gasteiger partial charge in [-0.05, 0) is 18.6 Å². The van der Waals surface area contributed by atoms with Gasteiger partial charge in [0.05, 0.1) is 11.3 Å². The van der Waals surface area contributed by atoms with Crippen molar-refractivity contribution in [2.75, 3.05) is 5.75 Å². The summed E-state index contributed by atoms with van der Waals surface area (Å²) in [6.45, 7) is 4.17. The van der Waals surface area contributed by atoms with Gasteiger partial charge in [-0.1, -0.05) is 23.9 Å². The van der Waals surface area contributed by atoms with Gasteiger partial charge in [0, 0.05) is 6.54 Å². The summed E-state index contributed by atoms with van der Waals surface area (Å²) >= 11 is 1.09. The van der Waals surface area contributed by atoms with Crippen molar-refractivity contribution in [1.29, 1.82) is 0 Å². The van der Waals surface area contributed by atoms with E-state index >= 15 is 0 Å². The van der Waals surface area contributed by atoms with Gasteiger partial charge in [-0.3, -0.25) is 4.79 Å². The number of carboxylic acids is 1. The van der Waals surface area contributed by atoms with E-state index in [1.807, 2.05) is 0 Å². The zero-order chi connectivity index (χ0) is 13.8. The van der Waals surface area contributed by atoms with Crippen molar-refractivity contribution >= 4 is 28.8 Å². The molecule has 0 radical (unpaired) electrons. The van der Waals surface area contributed by atoms with E-state index in [-0.39, 0.29) is 11.6 Å². The van der Waals surface area contributed by atoms with Crippen molar-refractivity contribution in [1.82, 2.24) is 9.55 Å². The van der Waals surface area contributed by atoms with Crippen molar-refractivity contribution in [2.24, 2.45) is 0 Å². The molecule has 1 aromatic heterocycles. The molecule has 1 aromatic carbocycles. The largest absolute Gasteiger partial charge is 0.481 e. The second-order valence-corrected chi connectivity index (χ2v) is 4.86. The number of hydrogen-bond acceptors (Lipinski definition) is 3. The molecule has 19 heavy (non-hydrogen) atoms. The molecule has 0 aliphatic carbocycles. The van der Waals surface area contributed by atoms with Crippen LogP contribution < -0.4 is 0 Å². The summed E-state index contributed by atoms with van der Waals surface area (Å²) in [5, 5.41) is 9.24. The Morgan fingerprint density at radius 1 is 1.58 bits per heavy atom. The number of fused-ring (bicyclic) bond motifs is 1. The van der Waals surface area contributed by atoms with Crippen molar-refractivity contribution in [3.63, 3.8) is 0 Å². The van der Waals surface area contributed by atoms with Crippen LogP contribution >= 0.6 is 11.8 Å². The van der Waals surface area contributed by atoms with E-state index in [1.165, 1.54) is 6.07 Å². The number of nitrogens with zero attached hydrogens (tertiary/aromatic N) is 2. The predicted octanol–water partition coefficient (Wildman–Crippen LogP) is 2.93. The summed E-state index contributed by atoms with van der Waals surface area (Å²) in [7, 11) is 0. The maximum Gasteiger partial charge on any atom is 0.313 e. The minimum atomic E-state index is -0.923. The van der Waals surface area contributed by atoms with Gasteiger partial charge in [-0.2, -0.15) is 0 Å². The van der Waals surface area contributed by atoms with E-state index in [4.69, 9.17) is 5.11 Å². The zero-order valence-corrected chi connectivity index (χ0v) is 11.0. The molecule has 0 fully saturated rings. The second kappa shape index (κ2) is 5.88. The van der Waals surface area contributed by atoms with Crippen LogP contribution in [-0.2, 0) is 11.3 Å². The number of thioether (sulfide) groups is 1. The number of rotatable bonds is 6. The SMILES string of the molecule is C=CCCn1c(SCC(=O)O)nc2cccc(F)c21. The molecule has 100 valence electrons. The average molecular weight is 280 g/mol. The number of carbonyl (C=O) groups is 1. The third-order valence-corrected chi connectivity index (χ3v) is 3.53. The van der Waals surface area contributed by atoms with Gasteiger partial charge in [0.2, 0.25) is 0 Å². The van der Waals surface area contributed by atoms with Crippen molar-refractivity contribution in [2.45, 2.75) is 18.1 Å². The Bertz CT molecular complexity index is 624. The Labute approximate surface area is 113 Å². The van der Waals surface area contributed by atoms with E-state index in [2.05, 4.69) is 11.6 Å². The highest BCUT2D eigenvalue weighted by Crippen LogP contribution is 2.26. The number of halogens is 1. The first-order valence-corrected chi connectivity index (χ1v) is 6.72. The second-order valence-electron chi connectivity index (χ2n) is 3.91. The molecule has 0 aliphatic rings. The normalized spacial score (nSPS) is 10.8. The van der Waals surface area contributed by atoms with E-state index in [1.54, 1.807) is 22.8 Å². The molecule has 1 heterocycles. The van der Waals surface area contributed by atoms with Gasteiger partial charge >= 0.3 is 5.97 Å². The molecule has 4 nitrogen and oxygen atoms in total. The quantitative estimate of drug-likeness (QED) is 0.653. The highest BCUT2D eigenvalue weighted by Gasteiger charge is 2.15. The molecular weight excluding hydrogens is 267 g/mol. The number of aryl methyl sites for hydroxylation is 1. The smallest absolute Gasteiger partial charge is 0.313 e. The lowest BCUT2D eigenvalue weighted by atomic mass is 10.3. The fourth-order valence-corrected chi connectivity index (χ4v) is 2.54. The summed E-state index contributed by atoms with van der Waals surface area (Å²) < 4.78 is 15.6. The van der Waals surface area contributed by atoms with Crippen LogP contribution in [0, 0.1) is 5.82 Å². The molecule has 2 rings (SSSR count). The Hall–Kier alpha value is -1.82. The summed E-state index contributed by atoms with van der Waals surface area (Å²) in [6, 6.07) is 4.68. The number of para-hydroxylation sites is 1. The molecule has 0 bridgehead atoms. The lowest BCUT2D eigenvalue weighted by Crippen LogP contribution is -2.03. The maximum absolute atomic E-state index is 13.9. The number of aliphatic carboxylic acids is 1. The number of allylic oxidation sites excluding steroid dienone is 1. The van der Waals surface area contributed by atoms with Crippen LogP contribution in [0.4, 0.5) is 4.39 Å². The lowest BCUT2D eigenvalue weighted by Gasteiger charge is -2.06. The van der Waals surface area contributed by atoms with Crippen LogP contribution in [0.2, 0.25) is 0 Å². The van der Waals surface area contributed by atoms with E-state index in [9.17, 15) is 9.18 Å². The first-order valence-electron chi connectivity index (χ1n) is 5.73. The van der Waals surface area contributed by atoms with Crippen LogP contribution in [0.1, 0.15) is 6.42 Å². The van der Waals surface area contributed by atoms with Crippen molar-refractivity contribution in [3.05, 3.63) is 36.7 Å². The molecule has 0 unspecified atom stereocenters. The fraction of sp³-hybridized carbons (Fsp3) is 0.231. The molecule has 2 aromatic rings. The van der Waals surface area contributed by atoms with Gasteiger partial charge in [-0.25, -0.2) is 9.37 Å². The van der Waals surface area contributed by atoms with Gasteiger partial charge < -0.3 is 9.67 Å². The van der Waals surface area contributed by atoms with Crippen LogP contribution in [0.25, 0.3) is 11.0 Å². The van der Waals surface area contributed by atoms with Gasteiger partial charge in [0.25, 0.3) is 0 Å². The Morgan fingerprint density at radius 3 is 3.05 bits per heavy atom. The topological polar surface area (TPSA) is 55.1 Å². The summed E-state index contributed by atoms with van der Waals surface area (Å²) in [4.78, 5) is 14.9. The van der Waals surface area contributed by atoms with Crippen molar-refractivity contribution < 1.29 is 14.3 Å². The van der Waals surface area contributed by atoms with Crippen LogP contribution in [0.5, 0.6) is 0 Å². The fourth-order valence-electron chi connectivity index (χ4n) is 1.78. The molecule has 0 atom stereocenters. The summed E-state index contributed by atoms with van der Waals surface area (Å²) in [6.07, 6.45) is 2.40. The van der Waals surface area contributed by atoms with Gasteiger partial charge in [0.1, 0.15) is 11.3 Å². The maximum atomic E-state index is 13.9.